The Bertz CT molecular complexity index is 499. The fourth-order valence-electron chi connectivity index (χ4n) is 2.08. The van der Waals surface area contributed by atoms with E-state index < -0.39 is 24.5 Å². The van der Waals surface area contributed by atoms with Gasteiger partial charge in [0.15, 0.2) is 6.23 Å². The van der Waals surface area contributed by atoms with Crippen LogP contribution in [0.15, 0.2) is 24.3 Å². The van der Waals surface area contributed by atoms with Gasteiger partial charge in [-0.15, -0.1) is 0 Å². The summed E-state index contributed by atoms with van der Waals surface area (Å²) in [5.74, 6) is 0. The number of hydrogen-bond acceptors (Lipinski definition) is 3. The van der Waals surface area contributed by atoms with Gasteiger partial charge in [-0.2, -0.15) is 8.78 Å². The Hall–Kier alpha value is -1.69. The fourth-order valence-corrected chi connectivity index (χ4v) is 2.08. The van der Waals surface area contributed by atoms with Crippen LogP contribution in [0, 0.1) is 0 Å². The van der Waals surface area contributed by atoms with Crippen molar-refractivity contribution in [3.05, 3.63) is 35.4 Å². The van der Waals surface area contributed by atoms with Gasteiger partial charge in [0.2, 0.25) is 0 Å². The first-order valence-corrected chi connectivity index (χ1v) is 6.29. The van der Waals surface area contributed by atoms with E-state index in [2.05, 4.69) is 4.74 Å². The second-order valence-corrected chi connectivity index (χ2v) is 5.56. The van der Waals surface area contributed by atoms with Gasteiger partial charge in [-0.25, -0.2) is 4.79 Å². The number of ether oxygens (including phenoxy) is 2. The smallest absolute Gasteiger partial charge is 0.412 e. The highest BCUT2D eigenvalue weighted by Gasteiger charge is 2.38. The number of nitrogens with zero attached hydrogens (tertiary/aromatic N) is 1. The zero-order valence-electron chi connectivity index (χ0n) is 11.6. The number of halogens is 2. The van der Waals surface area contributed by atoms with E-state index in [9.17, 15) is 13.6 Å². The van der Waals surface area contributed by atoms with Crippen LogP contribution in [-0.4, -0.2) is 23.2 Å². The topological polar surface area (TPSA) is 38.8 Å². The zero-order chi connectivity index (χ0) is 14.9. The Kier molecular flexibility index (Phi) is 3.94. The number of benzene rings is 1. The molecule has 110 valence electrons. The molecule has 1 aromatic rings. The molecule has 1 aliphatic rings. The third kappa shape index (κ3) is 3.25. The lowest BCUT2D eigenvalue weighted by molar-refractivity contribution is -0.199. The van der Waals surface area contributed by atoms with Gasteiger partial charge in [0.25, 0.3) is 0 Å². The van der Waals surface area contributed by atoms with E-state index >= 15 is 0 Å². The number of carbonyl (C=O) groups is 1. The molecule has 0 radical (unpaired) electrons. The third-order valence-corrected chi connectivity index (χ3v) is 2.80. The van der Waals surface area contributed by atoms with Gasteiger partial charge in [0.05, 0.1) is 6.54 Å². The monoisotopic (exact) mass is 285 g/mol. The quantitative estimate of drug-likeness (QED) is 0.832. The standard InChI is InChI=1S/C14H17F2NO3/c1-14(2,3)20-13(18)17-8-9-6-4-5-7-10(9)11(17)19-12(15)16/h4-7,11-12H,8H2,1-3H3. The largest absolute Gasteiger partial charge is 0.444 e. The number of alkyl halides is 2. The summed E-state index contributed by atoms with van der Waals surface area (Å²) in [6, 6.07) is 6.96. The first-order chi connectivity index (χ1) is 9.28. The van der Waals surface area contributed by atoms with Gasteiger partial charge in [-0.05, 0) is 26.3 Å². The maximum atomic E-state index is 12.6. The second-order valence-electron chi connectivity index (χ2n) is 5.56. The molecule has 1 aliphatic heterocycles. The minimum absolute atomic E-state index is 0.197. The number of fused-ring (bicyclic) bond motifs is 1. The summed E-state index contributed by atoms with van der Waals surface area (Å²) in [7, 11) is 0. The van der Waals surface area contributed by atoms with Crippen molar-refractivity contribution in [1.29, 1.82) is 0 Å². The minimum Gasteiger partial charge on any atom is -0.444 e. The average molecular weight is 285 g/mol. The maximum absolute atomic E-state index is 12.6. The summed E-state index contributed by atoms with van der Waals surface area (Å²) < 4.78 is 34.9. The molecule has 2 rings (SSSR count). The number of rotatable bonds is 2. The van der Waals surface area contributed by atoms with Crippen molar-refractivity contribution < 1.29 is 23.0 Å². The van der Waals surface area contributed by atoms with Crippen molar-refractivity contribution in [3.8, 4) is 0 Å². The molecule has 6 heteroatoms. The van der Waals surface area contributed by atoms with Crippen LogP contribution in [0.3, 0.4) is 0 Å². The molecule has 0 saturated heterocycles. The molecule has 0 bridgehead atoms. The van der Waals surface area contributed by atoms with E-state index in [0.717, 1.165) is 5.56 Å². The lowest BCUT2D eigenvalue weighted by Gasteiger charge is -2.28. The Morgan fingerprint density at radius 1 is 1.35 bits per heavy atom. The van der Waals surface area contributed by atoms with Gasteiger partial charge in [0.1, 0.15) is 5.60 Å². The molecule has 1 heterocycles. The van der Waals surface area contributed by atoms with Crippen LogP contribution in [0.2, 0.25) is 0 Å². The summed E-state index contributed by atoms with van der Waals surface area (Å²) >= 11 is 0. The Morgan fingerprint density at radius 2 is 2.00 bits per heavy atom. The highest BCUT2D eigenvalue weighted by Crippen LogP contribution is 2.36. The third-order valence-electron chi connectivity index (χ3n) is 2.80. The molecule has 20 heavy (non-hydrogen) atoms. The molecule has 0 N–H and O–H groups in total. The van der Waals surface area contributed by atoms with Gasteiger partial charge < -0.3 is 4.74 Å². The van der Waals surface area contributed by atoms with Gasteiger partial charge >= 0.3 is 12.7 Å². The summed E-state index contributed by atoms with van der Waals surface area (Å²) in [5, 5.41) is 0. The lowest BCUT2D eigenvalue weighted by atomic mass is 10.1. The van der Waals surface area contributed by atoms with Crippen molar-refractivity contribution in [2.75, 3.05) is 0 Å². The average Bonchev–Trinajstić information content (AvgIpc) is 2.66. The first-order valence-electron chi connectivity index (χ1n) is 6.29. The molecule has 0 aliphatic carbocycles. The summed E-state index contributed by atoms with van der Waals surface area (Å²) in [5.41, 5.74) is 0.656. The van der Waals surface area contributed by atoms with E-state index in [1.54, 1.807) is 45.0 Å². The maximum Gasteiger partial charge on any atom is 0.412 e. The van der Waals surface area contributed by atoms with E-state index in [-0.39, 0.29) is 6.54 Å². The normalized spacial score (nSPS) is 18.3. The van der Waals surface area contributed by atoms with E-state index in [1.807, 2.05) is 0 Å². The van der Waals surface area contributed by atoms with E-state index in [0.29, 0.717) is 5.56 Å². The van der Waals surface area contributed by atoms with Crippen LogP contribution in [0.1, 0.15) is 38.1 Å². The van der Waals surface area contributed by atoms with Crippen molar-refractivity contribution in [3.63, 3.8) is 0 Å². The van der Waals surface area contributed by atoms with Crippen LogP contribution in [0.25, 0.3) is 0 Å². The molecular formula is C14H17F2NO3. The molecule has 0 fully saturated rings. The minimum atomic E-state index is -2.96. The highest BCUT2D eigenvalue weighted by molar-refractivity contribution is 5.70. The fraction of sp³-hybridized carbons (Fsp3) is 0.500. The molecule has 1 amide bonds. The molecule has 0 saturated carbocycles. The highest BCUT2D eigenvalue weighted by atomic mass is 19.3. The zero-order valence-corrected chi connectivity index (χ0v) is 11.6. The number of carbonyl (C=O) groups excluding carboxylic acids is 1. The Balaban J connectivity index is 2.23. The molecule has 4 nitrogen and oxygen atoms in total. The van der Waals surface area contributed by atoms with Crippen LogP contribution < -0.4 is 0 Å². The van der Waals surface area contributed by atoms with Gasteiger partial charge in [-0.1, -0.05) is 24.3 Å². The molecule has 0 aromatic heterocycles. The molecule has 1 aromatic carbocycles. The van der Waals surface area contributed by atoms with Crippen LogP contribution in [-0.2, 0) is 16.0 Å². The lowest BCUT2D eigenvalue weighted by Crippen LogP contribution is -2.37. The Morgan fingerprint density at radius 3 is 2.60 bits per heavy atom. The SMILES string of the molecule is CC(C)(C)OC(=O)N1Cc2ccccc2C1OC(F)F. The molecule has 0 spiro atoms. The van der Waals surface area contributed by atoms with Crippen molar-refractivity contribution in [1.82, 2.24) is 4.90 Å². The van der Waals surface area contributed by atoms with Crippen molar-refractivity contribution >= 4 is 6.09 Å². The molecule has 1 unspecified atom stereocenters. The summed E-state index contributed by atoms with van der Waals surface area (Å²) in [6.45, 7) is 2.39. The molecule has 1 atom stereocenters. The van der Waals surface area contributed by atoms with Crippen molar-refractivity contribution in [2.24, 2.45) is 0 Å². The molecular weight excluding hydrogens is 268 g/mol. The number of hydrogen-bond donors (Lipinski definition) is 0. The first kappa shape index (κ1) is 14.7. The number of amides is 1. The summed E-state index contributed by atoms with van der Waals surface area (Å²) in [6.07, 6.45) is -1.78. The Labute approximate surface area is 116 Å². The van der Waals surface area contributed by atoms with Crippen molar-refractivity contribution in [2.45, 2.75) is 45.8 Å². The van der Waals surface area contributed by atoms with Crippen LogP contribution in [0.5, 0.6) is 0 Å². The second kappa shape index (κ2) is 5.36. The van der Waals surface area contributed by atoms with Gasteiger partial charge in [-0.3, -0.25) is 9.64 Å². The summed E-state index contributed by atoms with van der Waals surface area (Å²) in [4.78, 5) is 13.3. The predicted molar refractivity (Wildman–Crippen MR) is 68.0 cm³/mol. The predicted octanol–water partition coefficient (Wildman–Crippen LogP) is 3.68. The van der Waals surface area contributed by atoms with Crippen LogP contribution >= 0.6 is 0 Å². The van der Waals surface area contributed by atoms with Gasteiger partial charge in [0, 0.05) is 5.56 Å². The van der Waals surface area contributed by atoms with E-state index in [1.165, 1.54) is 4.90 Å². The van der Waals surface area contributed by atoms with Crippen LogP contribution in [0.4, 0.5) is 13.6 Å². The van der Waals surface area contributed by atoms with E-state index in [4.69, 9.17) is 4.74 Å².